The molecule has 2 heterocycles. The number of carbonyl (C=O) groups excluding carboxylic acids is 1. The van der Waals surface area contributed by atoms with E-state index < -0.39 is 17.8 Å². The molecule has 144 valence electrons. The van der Waals surface area contributed by atoms with Crippen molar-refractivity contribution in [2.45, 2.75) is 19.9 Å². The number of fused-ring (bicyclic) bond motifs is 2. The lowest BCUT2D eigenvalue weighted by Crippen LogP contribution is -2.33. The average molecular weight is 381 g/mol. The van der Waals surface area contributed by atoms with Crippen molar-refractivity contribution in [1.82, 2.24) is 4.90 Å². The summed E-state index contributed by atoms with van der Waals surface area (Å²) in [5.41, 5.74) is 2.41. The van der Waals surface area contributed by atoms with E-state index in [4.69, 9.17) is 9.15 Å². The lowest BCUT2D eigenvalue weighted by atomic mass is 9.97. The van der Waals surface area contributed by atoms with Gasteiger partial charge in [-0.05, 0) is 43.2 Å². The number of halogens is 1. The molecule has 6 heteroatoms. The number of carbonyl (C=O) groups is 1. The molecule has 3 aromatic rings. The SMILES string of the molecule is COCCN1C(=O)c2oc3cc(C)c(C)cc3c(=O)c2[C@@H]1c1ccccc1F. The second-order valence-corrected chi connectivity index (χ2v) is 7.02. The summed E-state index contributed by atoms with van der Waals surface area (Å²) in [5, 5.41) is 0.393. The number of hydrogen-bond donors (Lipinski definition) is 0. The van der Waals surface area contributed by atoms with Crippen LogP contribution in [0, 0.1) is 19.7 Å². The Balaban J connectivity index is 2.02. The smallest absolute Gasteiger partial charge is 0.290 e. The second kappa shape index (κ2) is 6.87. The molecule has 0 saturated heterocycles. The predicted octanol–water partition coefficient (Wildman–Crippen LogP) is 3.74. The van der Waals surface area contributed by atoms with E-state index in [0.29, 0.717) is 11.0 Å². The fraction of sp³-hybridized carbons (Fsp3) is 0.273. The van der Waals surface area contributed by atoms with Gasteiger partial charge in [-0.15, -0.1) is 0 Å². The molecule has 0 spiro atoms. The Morgan fingerprint density at radius 1 is 1.14 bits per heavy atom. The minimum atomic E-state index is -0.846. The Labute approximate surface area is 161 Å². The quantitative estimate of drug-likeness (QED) is 0.691. The van der Waals surface area contributed by atoms with Gasteiger partial charge >= 0.3 is 0 Å². The first-order chi connectivity index (χ1) is 13.4. The van der Waals surface area contributed by atoms with Gasteiger partial charge in [-0.25, -0.2) is 4.39 Å². The summed E-state index contributed by atoms with van der Waals surface area (Å²) in [6.45, 7) is 4.30. The van der Waals surface area contributed by atoms with Crippen LogP contribution < -0.4 is 5.43 Å². The van der Waals surface area contributed by atoms with Crippen LogP contribution in [0.15, 0.2) is 45.6 Å². The number of amides is 1. The van der Waals surface area contributed by atoms with Crippen molar-refractivity contribution in [3.63, 3.8) is 0 Å². The van der Waals surface area contributed by atoms with Crippen LogP contribution in [0.5, 0.6) is 0 Å². The zero-order valence-electron chi connectivity index (χ0n) is 15.9. The number of nitrogens with zero attached hydrogens (tertiary/aromatic N) is 1. The van der Waals surface area contributed by atoms with Gasteiger partial charge in [-0.2, -0.15) is 0 Å². The molecule has 0 bridgehead atoms. The maximum absolute atomic E-state index is 14.6. The van der Waals surface area contributed by atoms with E-state index in [9.17, 15) is 14.0 Å². The highest BCUT2D eigenvalue weighted by Gasteiger charge is 2.43. The van der Waals surface area contributed by atoms with E-state index in [1.165, 1.54) is 18.1 Å². The number of methoxy groups -OCH3 is 1. The number of aryl methyl sites for hydroxylation is 2. The van der Waals surface area contributed by atoms with Crippen molar-refractivity contribution in [2.75, 3.05) is 20.3 Å². The topological polar surface area (TPSA) is 59.8 Å². The summed E-state index contributed by atoms with van der Waals surface area (Å²) < 4.78 is 25.6. The van der Waals surface area contributed by atoms with E-state index >= 15 is 0 Å². The van der Waals surface area contributed by atoms with E-state index in [0.717, 1.165) is 11.1 Å². The molecule has 1 aliphatic heterocycles. The Hall–Kier alpha value is -2.99. The van der Waals surface area contributed by atoms with Crippen LogP contribution in [0.3, 0.4) is 0 Å². The molecule has 1 aliphatic rings. The Kier molecular flexibility index (Phi) is 4.51. The molecule has 5 nitrogen and oxygen atoms in total. The van der Waals surface area contributed by atoms with Crippen LogP contribution in [0.25, 0.3) is 11.0 Å². The maximum Gasteiger partial charge on any atom is 0.290 e. The van der Waals surface area contributed by atoms with Gasteiger partial charge in [-0.1, -0.05) is 18.2 Å². The fourth-order valence-electron chi connectivity index (χ4n) is 3.72. The lowest BCUT2D eigenvalue weighted by molar-refractivity contribution is 0.0661. The summed E-state index contributed by atoms with van der Waals surface area (Å²) in [5.74, 6) is -0.933. The van der Waals surface area contributed by atoms with Crippen molar-refractivity contribution < 1.29 is 18.3 Å². The van der Waals surface area contributed by atoms with Crippen LogP contribution in [0.2, 0.25) is 0 Å². The second-order valence-electron chi connectivity index (χ2n) is 7.02. The van der Waals surface area contributed by atoms with Gasteiger partial charge in [0.2, 0.25) is 5.76 Å². The first kappa shape index (κ1) is 18.4. The summed E-state index contributed by atoms with van der Waals surface area (Å²) in [4.78, 5) is 27.9. The molecule has 0 unspecified atom stereocenters. The molecule has 0 fully saturated rings. The molecule has 4 rings (SSSR count). The summed E-state index contributed by atoms with van der Waals surface area (Å²) in [6.07, 6.45) is 0. The lowest BCUT2D eigenvalue weighted by Gasteiger charge is -2.25. The van der Waals surface area contributed by atoms with Crippen molar-refractivity contribution in [2.24, 2.45) is 0 Å². The van der Waals surface area contributed by atoms with Gasteiger partial charge in [0.15, 0.2) is 5.43 Å². The molecule has 0 saturated carbocycles. The monoisotopic (exact) mass is 381 g/mol. The van der Waals surface area contributed by atoms with Gasteiger partial charge in [0.05, 0.1) is 23.6 Å². The van der Waals surface area contributed by atoms with Crippen molar-refractivity contribution in [3.05, 3.63) is 80.5 Å². The molecule has 0 radical (unpaired) electrons. The Morgan fingerprint density at radius 2 is 1.86 bits per heavy atom. The Bertz CT molecular complexity index is 1150. The average Bonchev–Trinajstić information content (AvgIpc) is 2.94. The van der Waals surface area contributed by atoms with Crippen molar-refractivity contribution in [3.8, 4) is 0 Å². The van der Waals surface area contributed by atoms with Crippen LogP contribution in [-0.4, -0.2) is 31.1 Å². The molecule has 1 aromatic heterocycles. The molecular weight excluding hydrogens is 361 g/mol. The third-order valence-corrected chi connectivity index (χ3v) is 5.32. The number of hydrogen-bond acceptors (Lipinski definition) is 4. The fourth-order valence-corrected chi connectivity index (χ4v) is 3.72. The predicted molar refractivity (Wildman–Crippen MR) is 103 cm³/mol. The van der Waals surface area contributed by atoms with Gasteiger partial charge in [-0.3, -0.25) is 9.59 Å². The number of ether oxygens (including phenoxy) is 1. The maximum atomic E-state index is 14.6. The third-order valence-electron chi connectivity index (χ3n) is 5.32. The largest absolute Gasteiger partial charge is 0.450 e. The van der Waals surface area contributed by atoms with Crippen LogP contribution in [-0.2, 0) is 4.74 Å². The van der Waals surface area contributed by atoms with E-state index in [1.807, 2.05) is 13.8 Å². The number of benzene rings is 2. The standard InChI is InChI=1S/C22H20FNO4/c1-12-10-15-17(11-13(12)2)28-21-18(20(15)25)19(14-6-4-5-7-16(14)23)24(22(21)26)8-9-27-3/h4-7,10-11,19H,8-9H2,1-3H3/t19-/m0/s1. The Morgan fingerprint density at radius 3 is 2.57 bits per heavy atom. The third kappa shape index (κ3) is 2.72. The summed E-state index contributed by atoms with van der Waals surface area (Å²) in [6, 6.07) is 8.85. The minimum absolute atomic E-state index is 0.0230. The molecule has 1 atom stereocenters. The molecule has 28 heavy (non-hydrogen) atoms. The zero-order valence-corrected chi connectivity index (χ0v) is 15.9. The molecule has 1 amide bonds. The highest BCUT2D eigenvalue weighted by molar-refractivity contribution is 5.99. The molecule has 0 aliphatic carbocycles. The van der Waals surface area contributed by atoms with Crippen molar-refractivity contribution in [1.29, 1.82) is 0 Å². The normalized spacial score (nSPS) is 16.1. The van der Waals surface area contributed by atoms with Crippen LogP contribution in [0.4, 0.5) is 4.39 Å². The highest BCUT2D eigenvalue weighted by atomic mass is 19.1. The van der Waals surface area contributed by atoms with E-state index in [-0.39, 0.29) is 35.5 Å². The van der Waals surface area contributed by atoms with Crippen molar-refractivity contribution >= 4 is 16.9 Å². The number of rotatable bonds is 4. The van der Waals surface area contributed by atoms with Crippen LogP contribution >= 0.6 is 0 Å². The molecule has 2 aromatic carbocycles. The van der Waals surface area contributed by atoms with Gasteiger partial charge in [0.1, 0.15) is 11.4 Å². The molecule has 0 N–H and O–H groups in total. The minimum Gasteiger partial charge on any atom is -0.450 e. The van der Waals surface area contributed by atoms with E-state index in [2.05, 4.69) is 0 Å². The van der Waals surface area contributed by atoms with Gasteiger partial charge in [0, 0.05) is 19.2 Å². The van der Waals surface area contributed by atoms with Gasteiger partial charge in [0.25, 0.3) is 5.91 Å². The van der Waals surface area contributed by atoms with E-state index in [1.54, 1.807) is 30.3 Å². The first-order valence-corrected chi connectivity index (χ1v) is 9.06. The molecular formula is C22H20FNO4. The summed E-state index contributed by atoms with van der Waals surface area (Å²) >= 11 is 0. The first-order valence-electron chi connectivity index (χ1n) is 9.06. The highest BCUT2D eigenvalue weighted by Crippen LogP contribution is 2.39. The van der Waals surface area contributed by atoms with Crippen LogP contribution in [0.1, 0.15) is 38.9 Å². The van der Waals surface area contributed by atoms with Gasteiger partial charge < -0.3 is 14.1 Å². The zero-order chi connectivity index (χ0) is 20.0. The summed E-state index contributed by atoms with van der Waals surface area (Å²) in [7, 11) is 1.52.